The maximum atomic E-state index is 13.6. The molecular weight excluding hydrogens is 289 g/mol. The normalized spacial score (nSPS) is 14.5. The first-order valence-electron chi connectivity index (χ1n) is 5.38. The first-order chi connectivity index (χ1) is 8.06. The molecule has 1 amide bonds. The van der Waals surface area contributed by atoms with Crippen molar-refractivity contribution in [3.8, 4) is 0 Å². The molecule has 0 aromatic carbocycles. The van der Waals surface area contributed by atoms with Gasteiger partial charge < -0.3 is 10.2 Å². The smallest absolute Gasteiger partial charge is 0.239 e. The molecule has 0 saturated heterocycles. The van der Waals surface area contributed by atoms with E-state index in [1.54, 1.807) is 7.05 Å². The highest BCUT2D eigenvalue weighted by Crippen LogP contribution is 2.20. The van der Waals surface area contributed by atoms with Crippen LogP contribution in [-0.4, -0.2) is 30.5 Å². The number of anilines is 1. The maximum Gasteiger partial charge on any atom is 0.239 e. The van der Waals surface area contributed by atoms with Crippen LogP contribution < -0.4 is 10.2 Å². The highest BCUT2D eigenvalue weighted by atomic mass is 79.9. The summed E-state index contributed by atoms with van der Waals surface area (Å²) in [5.41, 5.74) is 0. The Labute approximate surface area is 107 Å². The van der Waals surface area contributed by atoms with E-state index in [-0.39, 0.29) is 18.3 Å². The van der Waals surface area contributed by atoms with Gasteiger partial charge in [-0.2, -0.15) is 0 Å². The lowest BCUT2D eigenvalue weighted by atomic mass is 10.4. The Kier molecular flexibility index (Phi) is 3.61. The predicted octanol–water partition coefficient (Wildman–Crippen LogP) is 1.70. The van der Waals surface area contributed by atoms with Crippen LogP contribution in [0.5, 0.6) is 0 Å². The van der Waals surface area contributed by atoms with Gasteiger partial charge in [0.1, 0.15) is 0 Å². The molecule has 0 unspecified atom stereocenters. The van der Waals surface area contributed by atoms with Crippen molar-refractivity contribution in [2.75, 3.05) is 18.5 Å². The molecule has 2 rings (SSSR count). The minimum Gasteiger partial charge on any atom is -0.352 e. The van der Waals surface area contributed by atoms with E-state index in [1.165, 1.54) is 17.2 Å². The van der Waals surface area contributed by atoms with Crippen LogP contribution in [0.15, 0.2) is 16.7 Å². The van der Waals surface area contributed by atoms with Gasteiger partial charge in [-0.25, -0.2) is 9.37 Å². The Morgan fingerprint density at radius 3 is 3.00 bits per heavy atom. The fraction of sp³-hybridized carbons (Fsp3) is 0.455. The summed E-state index contributed by atoms with van der Waals surface area (Å²) in [7, 11) is 1.64. The molecule has 1 aliphatic carbocycles. The van der Waals surface area contributed by atoms with Crippen molar-refractivity contribution in [3.63, 3.8) is 0 Å². The molecule has 0 bridgehead atoms. The molecule has 1 saturated carbocycles. The molecule has 0 aliphatic heterocycles. The lowest BCUT2D eigenvalue weighted by Crippen LogP contribution is -2.36. The minimum absolute atomic E-state index is 0.0980. The molecule has 1 aromatic rings. The fourth-order valence-corrected chi connectivity index (χ4v) is 1.78. The number of nitrogens with one attached hydrogen (secondary N) is 1. The zero-order valence-electron chi connectivity index (χ0n) is 9.41. The highest BCUT2D eigenvalue weighted by Gasteiger charge is 2.24. The van der Waals surface area contributed by atoms with Gasteiger partial charge in [-0.05, 0) is 34.8 Å². The zero-order chi connectivity index (χ0) is 12.4. The molecule has 1 fully saturated rings. The highest BCUT2D eigenvalue weighted by molar-refractivity contribution is 9.10. The molecule has 1 aliphatic rings. The van der Waals surface area contributed by atoms with Gasteiger partial charge in [0.15, 0.2) is 11.6 Å². The number of carbonyl (C=O) groups excluding carboxylic acids is 1. The second-order valence-electron chi connectivity index (χ2n) is 4.16. The first kappa shape index (κ1) is 12.3. The van der Waals surface area contributed by atoms with Crippen molar-refractivity contribution in [1.29, 1.82) is 0 Å². The lowest BCUT2D eigenvalue weighted by molar-refractivity contribution is -0.119. The van der Waals surface area contributed by atoms with Crippen molar-refractivity contribution in [2.45, 2.75) is 18.9 Å². The van der Waals surface area contributed by atoms with Crippen LogP contribution in [0.4, 0.5) is 10.2 Å². The van der Waals surface area contributed by atoms with E-state index in [0.29, 0.717) is 10.5 Å². The molecule has 1 N–H and O–H groups in total. The van der Waals surface area contributed by atoms with Gasteiger partial charge in [0, 0.05) is 23.8 Å². The fourth-order valence-electron chi connectivity index (χ4n) is 1.48. The summed E-state index contributed by atoms with van der Waals surface area (Å²) in [5, 5.41) is 2.85. The summed E-state index contributed by atoms with van der Waals surface area (Å²) in [6.45, 7) is 0.113. The second-order valence-corrected chi connectivity index (χ2v) is 5.07. The van der Waals surface area contributed by atoms with Gasteiger partial charge in [-0.1, -0.05) is 0 Å². The quantitative estimate of drug-likeness (QED) is 0.921. The Morgan fingerprint density at radius 1 is 1.71 bits per heavy atom. The van der Waals surface area contributed by atoms with Crippen LogP contribution in [0.3, 0.4) is 0 Å². The van der Waals surface area contributed by atoms with Crippen molar-refractivity contribution in [2.24, 2.45) is 0 Å². The monoisotopic (exact) mass is 301 g/mol. The Hall–Kier alpha value is -1.17. The van der Waals surface area contributed by atoms with E-state index in [1.807, 2.05) is 0 Å². The number of likely N-dealkylation sites (N-methyl/N-ethyl adjacent to an activating group) is 1. The van der Waals surface area contributed by atoms with Gasteiger partial charge in [0.2, 0.25) is 5.91 Å². The van der Waals surface area contributed by atoms with Crippen LogP contribution in [-0.2, 0) is 4.79 Å². The van der Waals surface area contributed by atoms with E-state index in [4.69, 9.17) is 0 Å². The summed E-state index contributed by atoms with van der Waals surface area (Å²) in [5.74, 6) is -0.362. The summed E-state index contributed by atoms with van der Waals surface area (Å²) < 4.78 is 14.1. The van der Waals surface area contributed by atoms with E-state index >= 15 is 0 Å². The molecule has 17 heavy (non-hydrogen) atoms. The van der Waals surface area contributed by atoms with Crippen LogP contribution >= 0.6 is 15.9 Å². The molecule has 0 atom stereocenters. The number of hydrogen-bond donors (Lipinski definition) is 1. The molecule has 4 nitrogen and oxygen atoms in total. The number of nitrogens with zero attached hydrogens (tertiary/aromatic N) is 2. The standard InChI is InChI=1S/C11H13BrFN3O/c1-16(6-10(17)15-8-2-3-8)11-9(13)4-7(12)5-14-11/h4-5,8H,2-3,6H2,1H3,(H,15,17). The summed E-state index contributed by atoms with van der Waals surface area (Å²) in [4.78, 5) is 17.0. The third-order valence-corrected chi connectivity index (χ3v) is 2.91. The van der Waals surface area contributed by atoms with Gasteiger partial charge in [0.25, 0.3) is 0 Å². The number of aromatic nitrogens is 1. The third-order valence-electron chi connectivity index (χ3n) is 2.47. The molecular formula is C11H13BrFN3O. The molecule has 1 aromatic heterocycles. The maximum absolute atomic E-state index is 13.6. The van der Waals surface area contributed by atoms with E-state index < -0.39 is 5.82 Å². The summed E-state index contributed by atoms with van der Waals surface area (Å²) in [6.07, 6.45) is 3.59. The first-order valence-corrected chi connectivity index (χ1v) is 6.17. The Morgan fingerprint density at radius 2 is 2.41 bits per heavy atom. The number of amides is 1. The van der Waals surface area contributed by atoms with E-state index in [0.717, 1.165) is 12.8 Å². The lowest BCUT2D eigenvalue weighted by Gasteiger charge is -2.18. The minimum atomic E-state index is -0.443. The van der Waals surface area contributed by atoms with Crippen LogP contribution in [0, 0.1) is 5.82 Å². The van der Waals surface area contributed by atoms with Crippen molar-refractivity contribution >= 4 is 27.7 Å². The molecule has 6 heteroatoms. The van der Waals surface area contributed by atoms with Gasteiger partial charge >= 0.3 is 0 Å². The van der Waals surface area contributed by atoms with E-state index in [2.05, 4.69) is 26.2 Å². The number of carbonyl (C=O) groups is 1. The average molecular weight is 302 g/mol. The predicted molar refractivity (Wildman–Crippen MR) is 66.3 cm³/mol. The van der Waals surface area contributed by atoms with Gasteiger partial charge in [-0.3, -0.25) is 4.79 Å². The van der Waals surface area contributed by atoms with E-state index in [9.17, 15) is 9.18 Å². The molecule has 92 valence electrons. The van der Waals surface area contributed by atoms with Crippen LogP contribution in [0.2, 0.25) is 0 Å². The number of halogens is 2. The largest absolute Gasteiger partial charge is 0.352 e. The summed E-state index contributed by atoms with van der Waals surface area (Å²) in [6, 6.07) is 1.65. The van der Waals surface area contributed by atoms with Crippen molar-refractivity contribution < 1.29 is 9.18 Å². The average Bonchev–Trinajstić information content (AvgIpc) is 3.00. The Bertz CT molecular complexity index is 437. The third kappa shape index (κ3) is 3.39. The molecule has 0 radical (unpaired) electrons. The number of pyridine rings is 1. The molecule has 0 spiro atoms. The Balaban J connectivity index is 1.97. The van der Waals surface area contributed by atoms with Crippen molar-refractivity contribution in [3.05, 3.63) is 22.6 Å². The second kappa shape index (κ2) is 5.00. The van der Waals surface area contributed by atoms with Crippen LogP contribution in [0.25, 0.3) is 0 Å². The molecule has 1 heterocycles. The van der Waals surface area contributed by atoms with Crippen LogP contribution in [0.1, 0.15) is 12.8 Å². The number of hydrogen-bond acceptors (Lipinski definition) is 3. The van der Waals surface area contributed by atoms with Crippen molar-refractivity contribution in [1.82, 2.24) is 10.3 Å². The van der Waals surface area contributed by atoms with Gasteiger partial charge in [-0.15, -0.1) is 0 Å². The number of rotatable bonds is 4. The van der Waals surface area contributed by atoms with Gasteiger partial charge in [0.05, 0.1) is 6.54 Å². The zero-order valence-corrected chi connectivity index (χ0v) is 11.0. The summed E-state index contributed by atoms with van der Waals surface area (Å²) >= 11 is 3.14. The topological polar surface area (TPSA) is 45.2 Å². The SMILES string of the molecule is CN(CC(=O)NC1CC1)c1ncc(Br)cc1F.